The highest BCUT2D eigenvalue weighted by molar-refractivity contribution is 5.83. The third-order valence-corrected chi connectivity index (χ3v) is 1.50. The molecule has 0 radical (unpaired) electrons. The van der Waals surface area contributed by atoms with Crippen LogP contribution in [0.4, 0.5) is 0 Å². The molecule has 1 unspecified atom stereocenters. The molecule has 4 nitrogen and oxygen atoms in total. The first-order chi connectivity index (χ1) is 6.22. The molecular weight excluding hydrogens is 184 g/mol. The number of carbonyl (C=O) groups excluding carboxylic acids is 2. The maximum absolute atomic E-state index is 11.1. The highest BCUT2D eigenvalue weighted by Gasteiger charge is 2.17. The van der Waals surface area contributed by atoms with Gasteiger partial charge in [-0.15, -0.1) is 0 Å². The van der Waals surface area contributed by atoms with Crippen LogP contribution in [-0.4, -0.2) is 30.1 Å². The topological polar surface area (TPSA) is 52.6 Å². The number of esters is 1. The number of ketones is 1. The molecule has 0 saturated carbocycles. The monoisotopic (exact) mass is 202 g/mol. The molecule has 0 fully saturated rings. The van der Waals surface area contributed by atoms with Crippen LogP contribution in [0.25, 0.3) is 0 Å². The van der Waals surface area contributed by atoms with Crippen molar-refractivity contribution in [3.63, 3.8) is 0 Å². The zero-order valence-electron chi connectivity index (χ0n) is 9.42. The number of ether oxygens (including phenoxy) is 2. The van der Waals surface area contributed by atoms with Crippen molar-refractivity contribution in [3.8, 4) is 0 Å². The van der Waals surface area contributed by atoms with Crippen molar-refractivity contribution in [2.75, 3.05) is 6.61 Å². The standard InChI is InChI=1S/C10H18O4/c1-7(11)8(2)14-9(12)6-13-10(3,4)5/h8H,6H2,1-5H3. The van der Waals surface area contributed by atoms with Crippen LogP contribution in [0, 0.1) is 0 Å². The highest BCUT2D eigenvalue weighted by atomic mass is 16.6. The van der Waals surface area contributed by atoms with Gasteiger partial charge in [0.2, 0.25) is 0 Å². The fourth-order valence-corrected chi connectivity index (χ4v) is 0.590. The maximum Gasteiger partial charge on any atom is 0.332 e. The fraction of sp³-hybridized carbons (Fsp3) is 0.800. The van der Waals surface area contributed by atoms with E-state index < -0.39 is 12.1 Å². The summed E-state index contributed by atoms with van der Waals surface area (Å²) in [6.07, 6.45) is -0.689. The van der Waals surface area contributed by atoms with Gasteiger partial charge in [-0.05, 0) is 34.6 Å². The van der Waals surface area contributed by atoms with E-state index in [0.717, 1.165) is 0 Å². The van der Waals surface area contributed by atoms with Gasteiger partial charge in [-0.2, -0.15) is 0 Å². The Morgan fingerprint density at radius 2 is 1.79 bits per heavy atom. The van der Waals surface area contributed by atoms with Gasteiger partial charge in [0.15, 0.2) is 11.9 Å². The molecule has 0 heterocycles. The largest absolute Gasteiger partial charge is 0.453 e. The molecule has 0 aliphatic rings. The quantitative estimate of drug-likeness (QED) is 0.645. The third-order valence-electron chi connectivity index (χ3n) is 1.50. The summed E-state index contributed by atoms with van der Waals surface area (Å²) in [7, 11) is 0. The van der Waals surface area contributed by atoms with Crippen molar-refractivity contribution in [1.82, 2.24) is 0 Å². The Morgan fingerprint density at radius 1 is 1.29 bits per heavy atom. The minimum atomic E-state index is -0.689. The lowest BCUT2D eigenvalue weighted by Gasteiger charge is -2.19. The molecule has 0 aromatic carbocycles. The van der Waals surface area contributed by atoms with E-state index in [0.29, 0.717) is 0 Å². The van der Waals surface area contributed by atoms with Gasteiger partial charge in [-0.1, -0.05) is 0 Å². The summed E-state index contributed by atoms with van der Waals surface area (Å²) in [5.41, 5.74) is -0.377. The van der Waals surface area contributed by atoms with Crippen LogP contribution in [0.3, 0.4) is 0 Å². The van der Waals surface area contributed by atoms with Crippen molar-refractivity contribution in [2.24, 2.45) is 0 Å². The Bertz CT molecular complexity index is 215. The second-order valence-electron chi connectivity index (χ2n) is 4.14. The van der Waals surface area contributed by atoms with Gasteiger partial charge in [-0.3, -0.25) is 4.79 Å². The Morgan fingerprint density at radius 3 is 2.14 bits per heavy atom. The number of rotatable bonds is 4. The van der Waals surface area contributed by atoms with E-state index in [1.807, 2.05) is 20.8 Å². The summed E-state index contributed by atoms with van der Waals surface area (Å²) in [5.74, 6) is -0.684. The normalized spacial score (nSPS) is 13.5. The Balaban J connectivity index is 3.83. The van der Waals surface area contributed by atoms with E-state index in [9.17, 15) is 9.59 Å². The predicted octanol–water partition coefficient (Wildman–Crippen LogP) is 1.32. The maximum atomic E-state index is 11.1. The summed E-state index contributed by atoms with van der Waals surface area (Å²) in [6.45, 7) is 8.32. The van der Waals surface area contributed by atoms with Crippen molar-refractivity contribution < 1.29 is 19.1 Å². The molecule has 0 saturated heterocycles. The smallest absolute Gasteiger partial charge is 0.332 e. The molecule has 1 atom stereocenters. The Kier molecular flexibility index (Phi) is 4.77. The number of hydrogen-bond donors (Lipinski definition) is 0. The molecule has 14 heavy (non-hydrogen) atoms. The molecule has 0 aliphatic carbocycles. The van der Waals surface area contributed by atoms with E-state index in [4.69, 9.17) is 9.47 Å². The van der Waals surface area contributed by atoms with Crippen molar-refractivity contribution >= 4 is 11.8 Å². The summed E-state index contributed by atoms with van der Waals surface area (Å²) in [6, 6.07) is 0. The lowest BCUT2D eigenvalue weighted by Crippen LogP contribution is -2.28. The van der Waals surface area contributed by atoms with Crippen LogP contribution >= 0.6 is 0 Å². The van der Waals surface area contributed by atoms with Crippen molar-refractivity contribution in [1.29, 1.82) is 0 Å². The second kappa shape index (κ2) is 5.10. The summed E-state index contributed by atoms with van der Waals surface area (Å²) in [4.78, 5) is 21.9. The molecule has 0 bridgehead atoms. The first-order valence-corrected chi connectivity index (χ1v) is 4.56. The molecule has 4 heteroatoms. The Labute approximate surface area is 84.6 Å². The summed E-state index contributed by atoms with van der Waals surface area (Å²) in [5, 5.41) is 0. The van der Waals surface area contributed by atoms with Gasteiger partial charge in [0.1, 0.15) is 6.61 Å². The average Bonchev–Trinajstić information content (AvgIpc) is 1.99. The van der Waals surface area contributed by atoms with Gasteiger partial charge in [-0.25, -0.2) is 4.79 Å². The first kappa shape index (κ1) is 13.1. The Hall–Kier alpha value is -0.900. The van der Waals surface area contributed by atoms with Gasteiger partial charge in [0.25, 0.3) is 0 Å². The van der Waals surface area contributed by atoms with Crippen LogP contribution in [-0.2, 0) is 19.1 Å². The molecule has 82 valence electrons. The molecule has 0 spiro atoms. The molecular formula is C10H18O4. The molecule has 0 aliphatic heterocycles. The zero-order valence-corrected chi connectivity index (χ0v) is 9.42. The van der Waals surface area contributed by atoms with E-state index in [1.54, 1.807) is 0 Å². The van der Waals surface area contributed by atoms with Gasteiger partial charge in [0, 0.05) is 0 Å². The molecule has 0 N–H and O–H groups in total. The predicted molar refractivity (Wildman–Crippen MR) is 51.9 cm³/mol. The van der Waals surface area contributed by atoms with Crippen LogP contribution in [0.1, 0.15) is 34.6 Å². The minimum absolute atomic E-state index is 0.124. The van der Waals surface area contributed by atoms with Crippen LogP contribution in [0.5, 0.6) is 0 Å². The van der Waals surface area contributed by atoms with Crippen LogP contribution in [0.15, 0.2) is 0 Å². The number of hydrogen-bond acceptors (Lipinski definition) is 4. The third kappa shape index (κ3) is 6.60. The van der Waals surface area contributed by atoms with Gasteiger partial charge < -0.3 is 9.47 Å². The van der Waals surface area contributed by atoms with E-state index in [2.05, 4.69) is 0 Å². The van der Waals surface area contributed by atoms with Crippen molar-refractivity contribution in [3.05, 3.63) is 0 Å². The van der Waals surface area contributed by atoms with Gasteiger partial charge in [0.05, 0.1) is 5.60 Å². The fourth-order valence-electron chi connectivity index (χ4n) is 0.590. The number of Topliss-reactive ketones (excluding diaryl/α,β-unsaturated/α-hetero) is 1. The van der Waals surface area contributed by atoms with E-state index in [1.165, 1.54) is 13.8 Å². The average molecular weight is 202 g/mol. The lowest BCUT2D eigenvalue weighted by molar-refractivity contribution is -0.161. The zero-order chi connectivity index (χ0) is 11.4. The number of carbonyl (C=O) groups is 2. The van der Waals surface area contributed by atoms with Crippen molar-refractivity contribution in [2.45, 2.75) is 46.3 Å². The first-order valence-electron chi connectivity index (χ1n) is 4.56. The second-order valence-corrected chi connectivity index (χ2v) is 4.14. The SMILES string of the molecule is CC(=O)C(C)OC(=O)COC(C)(C)C. The molecule has 0 aromatic rings. The minimum Gasteiger partial charge on any atom is -0.453 e. The molecule has 0 rings (SSSR count). The highest BCUT2D eigenvalue weighted by Crippen LogP contribution is 2.06. The van der Waals surface area contributed by atoms with Crippen LogP contribution < -0.4 is 0 Å². The summed E-state index contributed by atoms with van der Waals surface area (Å²) < 4.78 is 9.98. The lowest BCUT2D eigenvalue weighted by atomic mass is 10.2. The van der Waals surface area contributed by atoms with E-state index in [-0.39, 0.29) is 18.0 Å². The molecule has 0 aromatic heterocycles. The van der Waals surface area contributed by atoms with Crippen LogP contribution in [0.2, 0.25) is 0 Å². The van der Waals surface area contributed by atoms with E-state index >= 15 is 0 Å². The summed E-state index contributed by atoms with van der Waals surface area (Å²) >= 11 is 0. The van der Waals surface area contributed by atoms with Gasteiger partial charge >= 0.3 is 5.97 Å². The molecule has 0 amide bonds.